The van der Waals surface area contributed by atoms with Crippen LogP contribution in [0.2, 0.25) is 0 Å². The third-order valence-electron chi connectivity index (χ3n) is 3.82. The molecule has 0 bridgehead atoms. The molecule has 1 fully saturated rings. The van der Waals surface area contributed by atoms with E-state index in [1.54, 1.807) is 0 Å². The minimum Gasteiger partial charge on any atom is -0.378 e. The molecule has 1 aromatic rings. The van der Waals surface area contributed by atoms with Gasteiger partial charge in [0.1, 0.15) is 0 Å². The number of carbonyl (C=O) groups is 1. The van der Waals surface area contributed by atoms with Crippen molar-refractivity contribution in [2.24, 2.45) is 20.0 Å². The van der Waals surface area contributed by atoms with Gasteiger partial charge in [0.05, 0.1) is 11.7 Å². The summed E-state index contributed by atoms with van der Waals surface area (Å²) in [6.07, 6.45) is 3.67. The molecular weight excluding hydrogens is 260 g/mol. The monoisotopic (exact) mass is 280 g/mol. The van der Waals surface area contributed by atoms with Crippen LogP contribution in [-0.4, -0.2) is 27.6 Å². The van der Waals surface area contributed by atoms with Crippen LogP contribution in [0.1, 0.15) is 36.5 Å². The Morgan fingerprint density at radius 3 is 2.60 bits per heavy atom. The second-order valence-electron chi connectivity index (χ2n) is 5.34. The van der Waals surface area contributed by atoms with Crippen LogP contribution in [0.4, 0.5) is 0 Å². The topological polar surface area (TPSA) is 70.3 Å². The van der Waals surface area contributed by atoms with Gasteiger partial charge in [0.15, 0.2) is 5.78 Å². The number of hydrogen-bond donors (Lipinski definition) is 0. The highest BCUT2D eigenvalue weighted by molar-refractivity contribution is 5.95. The third kappa shape index (κ3) is 2.75. The van der Waals surface area contributed by atoms with E-state index in [1.165, 1.54) is 24.9 Å². The van der Waals surface area contributed by atoms with Crippen molar-refractivity contribution in [1.82, 2.24) is 9.13 Å². The SMILES string of the molecule is CCOC1CC(CC(=O)c2cn(C)c(=O)n(C)c2=O)C1. The maximum atomic E-state index is 12.2. The highest BCUT2D eigenvalue weighted by atomic mass is 16.5. The Kier molecular flexibility index (Phi) is 4.23. The predicted octanol–water partition coefficient (Wildman–Crippen LogP) is 0.472. The zero-order valence-corrected chi connectivity index (χ0v) is 12.1. The average Bonchev–Trinajstić information content (AvgIpc) is 2.38. The fourth-order valence-corrected chi connectivity index (χ4v) is 2.58. The second-order valence-corrected chi connectivity index (χ2v) is 5.34. The molecule has 1 heterocycles. The van der Waals surface area contributed by atoms with Crippen molar-refractivity contribution in [2.75, 3.05) is 6.61 Å². The number of ketones is 1. The maximum absolute atomic E-state index is 12.2. The minimum absolute atomic E-state index is 0.0921. The number of nitrogens with zero attached hydrogens (tertiary/aromatic N) is 2. The van der Waals surface area contributed by atoms with Gasteiger partial charge in [-0.3, -0.25) is 14.2 Å². The van der Waals surface area contributed by atoms with E-state index in [9.17, 15) is 14.4 Å². The van der Waals surface area contributed by atoms with Crippen LogP contribution in [-0.2, 0) is 18.8 Å². The lowest BCUT2D eigenvalue weighted by Crippen LogP contribution is -2.40. The summed E-state index contributed by atoms with van der Waals surface area (Å²) in [5.41, 5.74) is -0.847. The Labute approximate surface area is 117 Å². The van der Waals surface area contributed by atoms with E-state index in [2.05, 4.69) is 0 Å². The fraction of sp³-hybridized carbons (Fsp3) is 0.643. The van der Waals surface area contributed by atoms with Gasteiger partial charge in [0.25, 0.3) is 5.56 Å². The molecule has 0 unspecified atom stereocenters. The first-order valence-electron chi connectivity index (χ1n) is 6.85. The zero-order valence-electron chi connectivity index (χ0n) is 12.1. The molecule has 1 saturated carbocycles. The van der Waals surface area contributed by atoms with Crippen LogP contribution in [0.25, 0.3) is 0 Å². The van der Waals surface area contributed by atoms with Gasteiger partial charge < -0.3 is 9.30 Å². The number of ether oxygens (including phenoxy) is 1. The number of hydrogen-bond acceptors (Lipinski definition) is 4. The Balaban J connectivity index is 2.08. The summed E-state index contributed by atoms with van der Waals surface area (Å²) in [4.78, 5) is 35.7. The van der Waals surface area contributed by atoms with Gasteiger partial charge in [-0.25, -0.2) is 4.79 Å². The number of aryl methyl sites for hydroxylation is 1. The summed E-state index contributed by atoms with van der Waals surface area (Å²) in [5.74, 6) is 0.0853. The normalized spacial score (nSPS) is 21.6. The first-order valence-corrected chi connectivity index (χ1v) is 6.85. The lowest BCUT2D eigenvalue weighted by atomic mass is 9.78. The highest BCUT2D eigenvalue weighted by Crippen LogP contribution is 2.33. The number of rotatable bonds is 5. The van der Waals surface area contributed by atoms with Crippen molar-refractivity contribution in [1.29, 1.82) is 0 Å². The van der Waals surface area contributed by atoms with Crippen molar-refractivity contribution in [3.8, 4) is 0 Å². The van der Waals surface area contributed by atoms with Crippen molar-refractivity contribution in [3.05, 3.63) is 32.6 Å². The summed E-state index contributed by atoms with van der Waals surface area (Å²) < 4.78 is 7.68. The molecule has 0 spiro atoms. The molecule has 6 heteroatoms. The number of carbonyl (C=O) groups excluding carboxylic acids is 1. The Morgan fingerprint density at radius 1 is 1.35 bits per heavy atom. The van der Waals surface area contributed by atoms with Crippen molar-refractivity contribution in [3.63, 3.8) is 0 Å². The highest BCUT2D eigenvalue weighted by Gasteiger charge is 2.32. The number of aromatic nitrogens is 2. The van der Waals surface area contributed by atoms with E-state index in [4.69, 9.17) is 4.74 Å². The molecule has 0 amide bonds. The van der Waals surface area contributed by atoms with E-state index in [0.29, 0.717) is 13.0 Å². The van der Waals surface area contributed by atoms with Gasteiger partial charge in [-0.05, 0) is 25.7 Å². The molecule has 1 aliphatic rings. The fourth-order valence-electron chi connectivity index (χ4n) is 2.58. The summed E-state index contributed by atoms with van der Waals surface area (Å²) in [6.45, 7) is 2.64. The lowest BCUT2D eigenvalue weighted by molar-refractivity contribution is -0.0246. The first kappa shape index (κ1) is 14.7. The van der Waals surface area contributed by atoms with E-state index in [0.717, 1.165) is 17.4 Å². The van der Waals surface area contributed by atoms with Gasteiger partial charge in [-0.2, -0.15) is 0 Å². The maximum Gasteiger partial charge on any atom is 0.330 e. The molecule has 20 heavy (non-hydrogen) atoms. The predicted molar refractivity (Wildman–Crippen MR) is 74.0 cm³/mol. The van der Waals surface area contributed by atoms with Crippen LogP contribution in [0.5, 0.6) is 0 Å². The molecule has 0 atom stereocenters. The Morgan fingerprint density at radius 2 is 2.00 bits per heavy atom. The molecule has 1 aliphatic carbocycles. The Bertz CT molecular complexity index is 623. The Hall–Kier alpha value is -1.69. The van der Waals surface area contributed by atoms with Gasteiger partial charge in [-0.1, -0.05) is 0 Å². The van der Waals surface area contributed by atoms with Gasteiger partial charge in [0, 0.05) is 33.3 Å². The lowest BCUT2D eigenvalue weighted by Gasteiger charge is -2.34. The quantitative estimate of drug-likeness (QED) is 0.735. The summed E-state index contributed by atoms with van der Waals surface area (Å²) in [5, 5.41) is 0. The molecule has 0 aromatic carbocycles. The largest absolute Gasteiger partial charge is 0.378 e. The van der Waals surface area contributed by atoms with Crippen molar-refractivity contribution in [2.45, 2.75) is 32.3 Å². The van der Waals surface area contributed by atoms with Crippen LogP contribution in [0.3, 0.4) is 0 Å². The smallest absolute Gasteiger partial charge is 0.330 e. The van der Waals surface area contributed by atoms with Crippen LogP contribution < -0.4 is 11.2 Å². The first-order chi connectivity index (χ1) is 9.43. The van der Waals surface area contributed by atoms with E-state index < -0.39 is 11.2 Å². The molecule has 2 rings (SSSR count). The van der Waals surface area contributed by atoms with E-state index >= 15 is 0 Å². The van der Waals surface area contributed by atoms with Gasteiger partial charge in [0.2, 0.25) is 0 Å². The summed E-state index contributed by atoms with van der Waals surface area (Å²) in [7, 11) is 2.92. The molecule has 0 saturated heterocycles. The van der Waals surface area contributed by atoms with E-state index in [1.807, 2.05) is 6.92 Å². The van der Waals surface area contributed by atoms with Crippen LogP contribution in [0, 0.1) is 5.92 Å². The molecule has 110 valence electrons. The zero-order chi connectivity index (χ0) is 14.9. The summed E-state index contributed by atoms with van der Waals surface area (Å²) >= 11 is 0. The van der Waals surface area contributed by atoms with E-state index in [-0.39, 0.29) is 23.4 Å². The molecule has 0 aliphatic heterocycles. The third-order valence-corrected chi connectivity index (χ3v) is 3.82. The average molecular weight is 280 g/mol. The minimum atomic E-state index is -0.515. The molecule has 6 nitrogen and oxygen atoms in total. The standard InChI is InChI=1S/C14H20N2O4/c1-4-20-10-5-9(6-10)7-12(17)11-8-15(2)14(19)16(3)13(11)18/h8-10H,4-7H2,1-3H3. The van der Waals surface area contributed by atoms with Crippen LogP contribution >= 0.6 is 0 Å². The molecular formula is C14H20N2O4. The van der Waals surface area contributed by atoms with Crippen molar-refractivity contribution < 1.29 is 9.53 Å². The molecule has 0 N–H and O–H groups in total. The van der Waals surface area contributed by atoms with Crippen molar-refractivity contribution >= 4 is 5.78 Å². The molecule has 1 aromatic heterocycles. The molecule has 0 radical (unpaired) electrons. The second kappa shape index (κ2) is 5.75. The van der Waals surface area contributed by atoms with Crippen LogP contribution in [0.15, 0.2) is 15.8 Å². The summed E-state index contributed by atoms with van der Waals surface area (Å²) in [6, 6.07) is 0. The van der Waals surface area contributed by atoms with Gasteiger partial charge >= 0.3 is 5.69 Å². The van der Waals surface area contributed by atoms with Gasteiger partial charge in [-0.15, -0.1) is 0 Å². The number of Topliss-reactive ketones (excluding diaryl/α,β-unsaturated/α-hetero) is 1.